The van der Waals surface area contributed by atoms with Crippen molar-refractivity contribution >= 4 is 10.1 Å². The predicted molar refractivity (Wildman–Crippen MR) is 72.1 cm³/mol. The second-order valence-corrected chi connectivity index (χ2v) is 5.86. The fraction of sp³-hybridized carbons (Fsp3) is 0.214. The molecule has 1 unspecified atom stereocenters. The van der Waals surface area contributed by atoms with E-state index in [0.717, 1.165) is 11.1 Å². The quantitative estimate of drug-likeness (QED) is 0.806. The normalized spacial score (nSPS) is 13.2. The minimum Gasteiger partial charge on any atom is -0.265 e. The Bertz CT molecular complexity index is 636. The average Bonchev–Trinajstić information content (AvgIpc) is 2.40. The third-order valence-corrected chi connectivity index (χ3v) is 4.15. The Balaban J connectivity index is 2.20. The molecule has 1 heterocycles. The van der Waals surface area contributed by atoms with Crippen molar-refractivity contribution in [2.45, 2.75) is 24.8 Å². The Morgan fingerprint density at radius 1 is 1.05 bits per heavy atom. The summed E-state index contributed by atoms with van der Waals surface area (Å²) in [7, 11) is -3.74. The number of aryl methyl sites for hydroxylation is 1. The lowest BCUT2D eigenvalue weighted by molar-refractivity contribution is 0.234. The Morgan fingerprint density at radius 3 is 2.21 bits per heavy atom. The first-order valence-corrected chi connectivity index (χ1v) is 7.30. The summed E-state index contributed by atoms with van der Waals surface area (Å²) < 4.78 is 29.4. The Labute approximate surface area is 113 Å². The van der Waals surface area contributed by atoms with E-state index in [9.17, 15) is 8.42 Å². The van der Waals surface area contributed by atoms with Gasteiger partial charge in [0, 0.05) is 12.4 Å². The highest BCUT2D eigenvalue weighted by atomic mass is 32.2. The maximum absolute atomic E-state index is 12.1. The van der Waals surface area contributed by atoms with Crippen molar-refractivity contribution in [1.82, 2.24) is 4.98 Å². The molecule has 0 N–H and O–H groups in total. The number of hydrogen-bond donors (Lipinski definition) is 0. The van der Waals surface area contributed by atoms with Crippen LogP contribution in [0.4, 0.5) is 0 Å². The van der Waals surface area contributed by atoms with E-state index in [-0.39, 0.29) is 4.90 Å². The van der Waals surface area contributed by atoms with Crippen LogP contribution in [-0.2, 0) is 14.3 Å². The molecule has 0 bridgehead atoms. The minimum absolute atomic E-state index is 0.166. The topological polar surface area (TPSA) is 56.3 Å². The van der Waals surface area contributed by atoms with Crippen LogP contribution in [-0.4, -0.2) is 13.4 Å². The van der Waals surface area contributed by atoms with E-state index in [2.05, 4.69) is 4.98 Å². The largest absolute Gasteiger partial charge is 0.297 e. The molecule has 0 aliphatic heterocycles. The summed E-state index contributed by atoms with van der Waals surface area (Å²) in [6.07, 6.45) is 2.66. The highest BCUT2D eigenvalue weighted by molar-refractivity contribution is 7.86. The van der Waals surface area contributed by atoms with E-state index >= 15 is 0 Å². The summed E-state index contributed by atoms with van der Waals surface area (Å²) in [5.41, 5.74) is 1.77. The van der Waals surface area contributed by atoms with Crippen LogP contribution in [0, 0.1) is 6.92 Å². The molecule has 0 aliphatic rings. The summed E-state index contributed by atoms with van der Waals surface area (Å²) >= 11 is 0. The lowest BCUT2D eigenvalue weighted by atomic mass is 10.2. The number of hydrogen-bond acceptors (Lipinski definition) is 4. The van der Waals surface area contributed by atoms with E-state index in [4.69, 9.17) is 4.18 Å². The summed E-state index contributed by atoms with van der Waals surface area (Å²) in [5, 5.41) is 0. The molecule has 2 rings (SSSR count). The van der Waals surface area contributed by atoms with Crippen LogP contribution in [0.25, 0.3) is 0 Å². The van der Waals surface area contributed by atoms with E-state index in [1.54, 1.807) is 55.7 Å². The van der Waals surface area contributed by atoms with E-state index in [0.29, 0.717) is 0 Å². The Morgan fingerprint density at radius 2 is 1.63 bits per heavy atom. The van der Waals surface area contributed by atoms with Crippen LogP contribution in [0.5, 0.6) is 0 Å². The van der Waals surface area contributed by atoms with Crippen molar-refractivity contribution in [3.05, 3.63) is 59.9 Å². The van der Waals surface area contributed by atoms with Crippen molar-refractivity contribution in [2.75, 3.05) is 0 Å². The molecule has 1 aromatic carbocycles. The third-order valence-electron chi connectivity index (χ3n) is 2.76. The Hall–Kier alpha value is -1.72. The number of rotatable bonds is 4. The van der Waals surface area contributed by atoms with E-state index < -0.39 is 16.2 Å². The summed E-state index contributed by atoms with van der Waals surface area (Å²) in [6, 6.07) is 10.0. The summed E-state index contributed by atoms with van der Waals surface area (Å²) in [4.78, 5) is 4.05. The van der Waals surface area contributed by atoms with Gasteiger partial charge in [-0.2, -0.15) is 8.42 Å². The zero-order valence-corrected chi connectivity index (χ0v) is 11.6. The lowest BCUT2D eigenvalue weighted by Crippen LogP contribution is -2.10. The first-order valence-electron chi connectivity index (χ1n) is 5.89. The van der Waals surface area contributed by atoms with Crippen molar-refractivity contribution in [3.63, 3.8) is 0 Å². The number of pyridine rings is 1. The number of aromatic nitrogens is 1. The standard InChI is InChI=1S/C14H15NO3S/c1-11-3-5-14(6-4-11)19(16,17)18-12(2)13-7-9-15-10-8-13/h3-10,12H,1-2H3. The molecule has 0 aliphatic carbocycles. The molecule has 1 aromatic heterocycles. The zero-order valence-electron chi connectivity index (χ0n) is 10.8. The van der Waals surface area contributed by atoms with E-state index in [1.807, 2.05) is 6.92 Å². The molecule has 0 fully saturated rings. The van der Waals surface area contributed by atoms with Gasteiger partial charge in [0.15, 0.2) is 0 Å². The maximum Gasteiger partial charge on any atom is 0.297 e. The van der Waals surface area contributed by atoms with Crippen LogP contribution < -0.4 is 0 Å². The minimum atomic E-state index is -3.74. The third kappa shape index (κ3) is 3.39. The molecule has 100 valence electrons. The molecule has 19 heavy (non-hydrogen) atoms. The van der Waals surface area contributed by atoms with Crippen molar-refractivity contribution in [3.8, 4) is 0 Å². The van der Waals surface area contributed by atoms with Gasteiger partial charge in [0.25, 0.3) is 10.1 Å². The molecule has 0 radical (unpaired) electrons. The molecule has 0 saturated heterocycles. The molecule has 0 saturated carbocycles. The van der Waals surface area contributed by atoms with Gasteiger partial charge in [0.05, 0.1) is 11.0 Å². The SMILES string of the molecule is Cc1ccc(S(=O)(=O)OC(C)c2ccncc2)cc1. The maximum atomic E-state index is 12.1. The smallest absolute Gasteiger partial charge is 0.265 e. The summed E-state index contributed by atoms with van der Waals surface area (Å²) in [6.45, 7) is 3.60. The fourth-order valence-corrected chi connectivity index (χ4v) is 2.71. The van der Waals surface area contributed by atoms with Crippen molar-refractivity contribution < 1.29 is 12.6 Å². The van der Waals surface area contributed by atoms with Gasteiger partial charge in [-0.25, -0.2) is 0 Å². The first-order chi connectivity index (χ1) is 8.99. The van der Waals surface area contributed by atoms with Gasteiger partial charge in [0.2, 0.25) is 0 Å². The van der Waals surface area contributed by atoms with Gasteiger partial charge < -0.3 is 0 Å². The highest BCUT2D eigenvalue weighted by Crippen LogP contribution is 2.22. The van der Waals surface area contributed by atoms with Crippen LogP contribution in [0.1, 0.15) is 24.2 Å². The molecule has 4 nitrogen and oxygen atoms in total. The fourth-order valence-electron chi connectivity index (χ4n) is 1.64. The van der Waals surface area contributed by atoms with Crippen LogP contribution >= 0.6 is 0 Å². The Kier molecular flexibility index (Phi) is 3.97. The molecule has 2 aromatic rings. The van der Waals surface area contributed by atoms with Crippen LogP contribution in [0.2, 0.25) is 0 Å². The van der Waals surface area contributed by atoms with E-state index in [1.165, 1.54) is 0 Å². The van der Waals surface area contributed by atoms with Gasteiger partial charge >= 0.3 is 0 Å². The van der Waals surface area contributed by atoms with Crippen LogP contribution in [0.3, 0.4) is 0 Å². The molecule has 1 atom stereocenters. The predicted octanol–water partition coefficient (Wildman–Crippen LogP) is 2.86. The monoisotopic (exact) mass is 277 g/mol. The first kappa shape index (κ1) is 13.7. The van der Waals surface area contributed by atoms with Crippen molar-refractivity contribution in [1.29, 1.82) is 0 Å². The molecular weight excluding hydrogens is 262 g/mol. The van der Waals surface area contributed by atoms with Crippen LogP contribution in [0.15, 0.2) is 53.7 Å². The number of benzene rings is 1. The second kappa shape index (κ2) is 5.50. The second-order valence-electron chi connectivity index (χ2n) is 4.29. The van der Waals surface area contributed by atoms with Gasteiger partial charge in [0.1, 0.15) is 0 Å². The average molecular weight is 277 g/mol. The summed E-state index contributed by atoms with van der Waals surface area (Å²) in [5.74, 6) is 0. The zero-order chi connectivity index (χ0) is 13.9. The van der Waals surface area contributed by atoms with Crippen molar-refractivity contribution in [2.24, 2.45) is 0 Å². The number of nitrogens with zero attached hydrogens (tertiary/aromatic N) is 1. The molecule has 0 spiro atoms. The van der Waals surface area contributed by atoms with Gasteiger partial charge in [-0.05, 0) is 43.7 Å². The van der Waals surface area contributed by atoms with Gasteiger partial charge in [-0.3, -0.25) is 9.17 Å². The molecular formula is C14H15NO3S. The highest BCUT2D eigenvalue weighted by Gasteiger charge is 2.19. The molecule has 5 heteroatoms. The van der Waals surface area contributed by atoms with Gasteiger partial charge in [-0.15, -0.1) is 0 Å². The molecule has 0 amide bonds. The van der Waals surface area contributed by atoms with Gasteiger partial charge in [-0.1, -0.05) is 17.7 Å². The lowest BCUT2D eigenvalue weighted by Gasteiger charge is -2.13.